The molecular formula is C36H23NS. The van der Waals surface area contributed by atoms with Crippen LogP contribution in [0.5, 0.6) is 0 Å². The molecule has 6 aromatic carbocycles. The van der Waals surface area contributed by atoms with E-state index in [1.165, 1.54) is 69.9 Å². The Morgan fingerprint density at radius 2 is 0.895 bits per heavy atom. The maximum absolute atomic E-state index is 2.38. The fraction of sp³-hybridized carbons (Fsp3) is 0. The van der Waals surface area contributed by atoms with E-state index in [0.717, 1.165) is 0 Å². The Morgan fingerprint density at radius 1 is 0.368 bits per heavy atom. The van der Waals surface area contributed by atoms with Crippen molar-refractivity contribution in [3.63, 3.8) is 0 Å². The number of benzene rings is 6. The zero-order valence-electron chi connectivity index (χ0n) is 20.6. The normalized spacial score (nSPS) is 11.7. The first-order valence-corrected chi connectivity index (χ1v) is 13.8. The molecule has 8 aromatic rings. The highest BCUT2D eigenvalue weighted by Gasteiger charge is 2.14. The minimum Gasteiger partial charge on any atom is -0.309 e. The molecule has 0 saturated heterocycles. The van der Waals surface area contributed by atoms with Crippen molar-refractivity contribution in [3.05, 3.63) is 140 Å². The van der Waals surface area contributed by atoms with Gasteiger partial charge in [0.1, 0.15) is 0 Å². The van der Waals surface area contributed by atoms with Gasteiger partial charge in [-0.1, -0.05) is 84.9 Å². The summed E-state index contributed by atoms with van der Waals surface area (Å²) in [7, 11) is 0. The lowest BCUT2D eigenvalue weighted by molar-refractivity contribution is 1.18. The smallest absolute Gasteiger partial charge is 0.0541 e. The van der Waals surface area contributed by atoms with Gasteiger partial charge in [-0.3, -0.25) is 0 Å². The Hall–Kier alpha value is -4.66. The first-order chi connectivity index (χ1) is 18.8. The molecule has 2 heteroatoms. The molecule has 0 fully saturated rings. The van der Waals surface area contributed by atoms with Gasteiger partial charge in [-0.15, -0.1) is 11.3 Å². The molecular weight excluding hydrogens is 478 g/mol. The maximum Gasteiger partial charge on any atom is 0.0541 e. The highest BCUT2D eigenvalue weighted by Crippen LogP contribution is 2.40. The van der Waals surface area contributed by atoms with E-state index in [0.29, 0.717) is 0 Å². The van der Waals surface area contributed by atoms with Crippen LogP contribution in [0.15, 0.2) is 140 Å². The van der Waals surface area contributed by atoms with Crippen molar-refractivity contribution in [2.24, 2.45) is 0 Å². The molecule has 1 nitrogen and oxygen atoms in total. The molecule has 0 bridgehead atoms. The summed E-state index contributed by atoms with van der Waals surface area (Å²) >= 11 is 1.87. The molecule has 0 aliphatic heterocycles. The molecule has 2 aromatic heterocycles. The quantitative estimate of drug-likeness (QED) is 0.227. The van der Waals surface area contributed by atoms with Gasteiger partial charge in [-0.05, 0) is 76.9 Å². The second-order valence-corrected chi connectivity index (χ2v) is 10.9. The number of thiophene rings is 1. The number of aromatic nitrogens is 1. The van der Waals surface area contributed by atoms with Gasteiger partial charge in [0.15, 0.2) is 0 Å². The minimum absolute atomic E-state index is 1.19. The SMILES string of the molecule is c1ccc(-c2ccc3sc4ccc(-c5ccc6c(c5)c5ccccc5n6-c5ccccc5)cc4c3c2)cc1. The van der Waals surface area contributed by atoms with Crippen molar-refractivity contribution in [1.29, 1.82) is 0 Å². The largest absolute Gasteiger partial charge is 0.309 e. The van der Waals surface area contributed by atoms with Crippen LogP contribution >= 0.6 is 11.3 Å². The number of para-hydroxylation sites is 2. The van der Waals surface area contributed by atoms with Gasteiger partial charge >= 0.3 is 0 Å². The second-order valence-electron chi connectivity index (χ2n) is 9.81. The summed E-state index contributed by atoms with van der Waals surface area (Å²) in [5.41, 5.74) is 8.67. The van der Waals surface area contributed by atoms with Crippen LogP contribution < -0.4 is 0 Å². The Labute approximate surface area is 224 Å². The van der Waals surface area contributed by atoms with Crippen LogP contribution in [0.3, 0.4) is 0 Å². The summed E-state index contributed by atoms with van der Waals surface area (Å²) in [6.07, 6.45) is 0. The predicted octanol–water partition coefficient (Wildman–Crippen LogP) is 10.5. The topological polar surface area (TPSA) is 4.93 Å². The van der Waals surface area contributed by atoms with Crippen LogP contribution in [0.4, 0.5) is 0 Å². The van der Waals surface area contributed by atoms with Crippen molar-refractivity contribution in [1.82, 2.24) is 4.57 Å². The molecule has 2 heterocycles. The number of nitrogens with zero attached hydrogens (tertiary/aromatic N) is 1. The third kappa shape index (κ3) is 3.31. The molecule has 0 atom stereocenters. The average molecular weight is 502 g/mol. The van der Waals surface area contributed by atoms with Crippen LogP contribution in [0.2, 0.25) is 0 Å². The van der Waals surface area contributed by atoms with Crippen molar-refractivity contribution >= 4 is 53.3 Å². The van der Waals surface area contributed by atoms with Gasteiger partial charge in [-0.2, -0.15) is 0 Å². The summed E-state index contributed by atoms with van der Waals surface area (Å²) in [5.74, 6) is 0. The predicted molar refractivity (Wildman–Crippen MR) is 165 cm³/mol. The molecule has 8 rings (SSSR count). The Bertz CT molecular complexity index is 2110. The molecule has 0 amide bonds. The number of rotatable bonds is 3. The molecule has 0 aliphatic carbocycles. The maximum atomic E-state index is 2.38. The van der Waals surface area contributed by atoms with Crippen molar-refractivity contribution in [2.45, 2.75) is 0 Å². The first-order valence-electron chi connectivity index (χ1n) is 12.9. The highest BCUT2D eigenvalue weighted by atomic mass is 32.1. The molecule has 0 unspecified atom stereocenters. The van der Waals surface area contributed by atoms with Crippen LogP contribution in [-0.2, 0) is 0 Å². The molecule has 38 heavy (non-hydrogen) atoms. The Morgan fingerprint density at radius 3 is 1.61 bits per heavy atom. The first kappa shape index (κ1) is 21.4. The fourth-order valence-corrected chi connectivity index (χ4v) is 6.84. The molecule has 0 aliphatic rings. The van der Waals surface area contributed by atoms with E-state index in [1.807, 2.05) is 11.3 Å². The Kier molecular flexibility index (Phi) is 4.76. The minimum atomic E-state index is 1.19. The second kappa shape index (κ2) is 8.44. The van der Waals surface area contributed by atoms with Gasteiger partial charge in [0.2, 0.25) is 0 Å². The van der Waals surface area contributed by atoms with Gasteiger partial charge in [-0.25, -0.2) is 0 Å². The molecule has 0 spiro atoms. The lowest BCUT2D eigenvalue weighted by Gasteiger charge is -2.08. The Balaban J connectivity index is 1.32. The number of hydrogen-bond donors (Lipinski definition) is 0. The van der Waals surface area contributed by atoms with E-state index in [1.54, 1.807) is 0 Å². The molecule has 178 valence electrons. The van der Waals surface area contributed by atoms with E-state index in [9.17, 15) is 0 Å². The van der Waals surface area contributed by atoms with Crippen molar-refractivity contribution in [3.8, 4) is 27.9 Å². The monoisotopic (exact) mass is 501 g/mol. The van der Waals surface area contributed by atoms with Gasteiger partial charge in [0, 0.05) is 36.6 Å². The third-order valence-electron chi connectivity index (χ3n) is 7.60. The van der Waals surface area contributed by atoms with E-state index in [4.69, 9.17) is 0 Å². The van der Waals surface area contributed by atoms with Gasteiger partial charge in [0.05, 0.1) is 11.0 Å². The summed E-state index contributed by atoms with van der Waals surface area (Å²) in [5, 5.41) is 5.22. The van der Waals surface area contributed by atoms with Gasteiger partial charge in [0.25, 0.3) is 0 Å². The van der Waals surface area contributed by atoms with Crippen LogP contribution in [-0.4, -0.2) is 4.57 Å². The number of fused-ring (bicyclic) bond motifs is 6. The van der Waals surface area contributed by atoms with Crippen molar-refractivity contribution in [2.75, 3.05) is 0 Å². The molecule has 0 N–H and O–H groups in total. The van der Waals surface area contributed by atoms with E-state index < -0.39 is 0 Å². The van der Waals surface area contributed by atoms with Gasteiger partial charge < -0.3 is 4.57 Å². The van der Waals surface area contributed by atoms with Crippen molar-refractivity contribution < 1.29 is 0 Å². The zero-order chi connectivity index (χ0) is 25.1. The lowest BCUT2D eigenvalue weighted by Crippen LogP contribution is -1.92. The summed E-state index contributed by atoms with van der Waals surface area (Å²) < 4.78 is 5.03. The lowest BCUT2D eigenvalue weighted by atomic mass is 9.99. The van der Waals surface area contributed by atoms with E-state index in [-0.39, 0.29) is 0 Å². The van der Waals surface area contributed by atoms with E-state index >= 15 is 0 Å². The molecule has 0 saturated carbocycles. The van der Waals surface area contributed by atoms with Crippen LogP contribution in [0, 0.1) is 0 Å². The summed E-state index contributed by atoms with van der Waals surface area (Å²) in [4.78, 5) is 0. The average Bonchev–Trinajstić information content (AvgIpc) is 3.52. The zero-order valence-corrected chi connectivity index (χ0v) is 21.5. The fourth-order valence-electron chi connectivity index (χ4n) is 5.77. The van der Waals surface area contributed by atoms with Crippen LogP contribution in [0.1, 0.15) is 0 Å². The highest BCUT2D eigenvalue weighted by molar-refractivity contribution is 7.25. The summed E-state index contributed by atoms with van der Waals surface area (Å²) in [6.45, 7) is 0. The standard InChI is InChI=1S/C36H23NS/c1-3-9-24(10-4-1)25-16-19-35-31(22-25)32-23-27(17-20-36(32)38-35)26-15-18-34-30(21-26)29-13-7-8-14-33(29)37(34)28-11-5-2-6-12-28/h1-23H. The number of hydrogen-bond acceptors (Lipinski definition) is 1. The summed E-state index contributed by atoms with van der Waals surface area (Å²) in [6, 6.07) is 50.7. The third-order valence-corrected chi connectivity index (χ3v) is 8.75. The van der Waals surface area contributed by atoms with Crippen LogP contribution in [0.25, 0.3) is 69.9 Å². The molecule has 0 radical (unpaired) electrons. The van der Waals surface area contributed by atoms with E-state index in [2.05, 4.69) is 144 Å².